The zero-order valence-electron chi connectivity index (χ0n) is 10.7. The van der Waals surface area contributed by atoms with Crippen molar-refractivity contribution in [2.45, 2.75) is 77.6 Å². The highest BCUT2D eigenvalue weighted by Gasteiger charge is 2.16. The van der Waals surface area contributed by atoms with Crippen LogP contribution in [-0.2, 0) is 0 Å². The summed E-state index contributed by atoms with van der Waals surface area (Å²) < 4.78 is 24.7. The summed E-state index contributed by atoms with van der Waals surface area (Å²) in [5.74, 6) is 1.56. The number of alkyl halides is 2. The van der Waals surface area contributed by atoms with Crippen LogP contribution in [-0.4, -0.2) is 12.3 Å². The third kappa shape index (κ3) is 5.81. The molecule has 2 aliphatic rings. The first-order valence-corrected chi connectivity index (χ1v) is 6.86. The predicted octanol–water partition coefficient (Wildman–Crippen LogP) is 5.07. The van der Waals surface area contributed by atoms with Gasteiger partial charge in [0.1, 0.15) is 12.3 Å². The van der Waals surface area contributed by atoms with Crippen LogP contribution in [0.4, 0.5) is 8.78 Å². The summed E-state index contributed by atoms with van der Waals surface area (Å²) in [5.41, 5.74) is 0. The molecule has 0 aromatic rings. The van der Waals surface area contributed by atoms with Crippen LogP contribution in [0.15, 0.2) is 0 Å². The molecule has 0 bridgehead atoms. The average molecular weight is 232 g/mol. The smallest absolute Gasteiger partial charge is 0.100 e. The zero-order chi connectivity index (χ0) is 12.0. The van der Waals surface area contributed by atoms with E-state index in [1.54, 1.807) is 0 Å². The molecule has 96 valence electrons. The van der Waals surface area contributed by atoms with Gasteiger partial charge in [0.05, 0.1) is 0 Å². The van der Waals surface area contributed by atoms with Gasteiger partial charge in [-0.15, -0.1) is 0 Å². The Kier molecular flexibility index (Phi) is 6.30. The van der Waals surface area contributed by atoms with Gasteiger partial charge >= 0.3 is 0 Å². The van der Waals surface area contributed by atoms with Gasteiger partial charge in [-0.1, -0.05) is 13.8 Å². The summed E-state index contributed by atoms with van der Waals surface area (Å²) in [5, 5.41) is 0. The van der Waals surface area contributed by atoms with Crippen molar-refractivity contribution in [3.8, 4) is 0 Å². The van der Waals surface area contributed by atoms with E-state index >= 15 is 0 Å². The Morgan fingerprint density at radius 1 is 0.562 bits per heavy atom. The largest absolute Gasteiger partial charge is 0.247 e. The minimum atomic E-state index is -0.480. The van der Waals surface area contributed by atoms with Crippen LogP contribution in [0.1, 0.15) is 65.2 Å². The van der Waals surface area contributed by atoms with Crippen molar-refractivity contribution >= 4 is 0 Å². The molecule has 0 aromatic carbocycles. The number of rotatable bonds is 0. The van der Waals surface area contributed by atoms with Crippen LogP contribution < -0.4 is 0 Å². The van der Waals surface area contributed by atoms with Crippen LogP contribution in [0.2, 0.25) is 0 Å². The van der Waals surface area contributed by atoms with Gasteiger partial charge in [0.25, 0.3) is 0 Å². The van der Waals surface area contributed by atoms with Crippen LogP contribution in [0.3, 0.4) is 0 Å². The van der Waals surface area contributed by atoms with Gasteiger partial charge in [0, 0.05) is 0 Å². The van der Waals surface area contributed by atoms with Gasteiger partial charge < -0.3 is 0 Å². The van der Waals surface area contributed by atoms with E-state index in [-0.39, 0.29) is 0 Å². The Morgan fingerprint density at radius 2 is 0.812 bits per heavy atom. The number of hydrogen-bond donors (Lipinski definition) is 0. The highest BCUT2D eigenvalue weighted by atomic mass is 19.1. The molecule has 0 N–H and O–H groups in total. The van der Waals surface area contributed by atoms with Crippen LogP contribution in [0.25, 0.3) is 0 Å². The molecule has 0 saturated heterocycles. The molecule has 2 saturated carbocycles. The first-order valence-electron chi connectivity index (χ1n) is 6.86. The van der Waals surface area contributed by atoms with Crippen molar-refractivity contribution in [2.75, 3.05) is 0 Å². The fourth-order valence-corrected chi connectivity index (χ4v) is 2.44. The lowest BCUT2D eigenvalue weighted by atomic mass is 9.90. The van der Waals surface area contributed by atoms with Gasteiger partial charge in [0.15, 0.2) is 0 Å². The number of halogens is 2. The normalized spacial score (nSPS) is 39.8. The second kappa shape index (κ2) is 7.24. The molecule has 2 fully saturated rings. The summed E-state index contributed by atoms with van der Waals surface area (Å²) in [6, 6.07) is 0. The fraction of sp³-hybridized carbons (Fsp3) is 1.00. The maximum absolute atomic E-state index is 12.4. The minimum Gasteiger partial charge on any atom is -0.247 e. The lowest BCUT2D eigenvalue weighted by Gasteiger charge is -2.19. The molecule has 0 aliphatic heterocycles. The summed E-state index contributed by atoms with van der Waals surface area (Å²) in [6.45, 7) is 4.40. The standard InChI is InChI=1S/2C7H13F/c2*1-6-2-4-7(8)5-3-6/h2*6-7H,2-5H2,1H3. The molecular formula is C14H26F2. The third-order valence-electron chi connectivity index (χ3n) is 3.89. The van der Waals surface area contributed by atoms with Crippen LogP contribution in [0, 0.1) is 11.8 Å². The molecule has 0 spiro atoms. The van der Waals surface area contributed by atoms with E-state index in [1.165, 1.54) is 0 Å². The van der Waals surface area contributed by atoms with E-state index in [1.807, 2.05) is 0 Å². The molecule has 16 heavy (non-hydrogen) atoms. The molecule has 2 aliphatic carbocycles. The van der Waals surface area contributed by atoms with E-state index in [0.717, 1.165) is 63.2 Å². The Morgan fingerprint density at radius 3 is 1.00 bits per heavy atom. The van der Waals surface area contributed by atoms with Crippen molar-refractivity contribution < 1.29 is 8.78 Å². The average Bonchev–Trinajstić information content (AvgIpc) is 2.28. The summed E-state index contributed by atoms with van der Waals surface area (Å²) in [4.78, 5) is 0. The fourth-order valence-electron chi connectivity index (χ4n) is 2.44. The Hall–Kier alpha value is -0.140. The maximum Gasteiger partial charge on any atom is 0.100 e. The summed E-state index contributed by atoms with van der Waals surface area (Å²) >= 11 is 0. The summed E-state index contributed by atoms with van der Waals surface area (Å²) in [6.07, 6.45) is 6.66. The monoisotopic (exact) mass is 232 g/mol. The second-order valence-corrected chi connectivity index (χ2v) is 5.71. The zero-order valence-corrected chi connectivity index (χ0v) is 10.7. The highest BCUT2D eigenvalue weighted by Crippen LogP contribution is 2.25. The van der Waals surface area contributed by atoms with E-state index in [4.69, 9.17) is 0 Å². The van der Waals surface area contributed by atoms with Crippen molar-refractivity contribution in [2.24, 2.45) is 11.8 Å². The minimum absolute atomic E-state index is 0.480. The lowest BCUT2D eigenvalue weighted by Crippen LogP contribution is -2.11. The Bertz CT molecular complexity index is 126. The molecular weight excluding hydrogens is 206 g/mol. The van der Waals surface area contributed by atoms with E-state index in [0.29, 0.717) is 0 Å². The van der Waals surface area contributed by atoms with Crippen molar-refractivity contribution in [3.05, 3.63) is 0 Å². The van der Waals surface area contributed by atoms with Crippen molar-refractivity contribution in [3.63, 3.8) is 0 Å². The van der Waals surface area contributed by atoms with Gasteiger partial charge in [-0.25, -0.2) is 8.78 Å². The molecule has 0 aromatic heterocycles. The van der Waals surface area contributed by atoms with Gasteiger partial charge in [-0.2, -0.15) is 0 Å². The Balaban J connectivity index is 0.000000160. The number of hydrogen-bond acceptors (Lipinski definition) is 0. The highest BCUT2D eigenvalue weighted by molar-refractivity contribution is 4.68. The molecule has 0 amide bonds. The molecule has 0 nitrogen and oxygen atoms in total. The Labute approximate surface area is 98.8 Å². The molecule has 2 rings (SSSR count). The molecule has 0 radical (unpaired) electrons. The summed E-state index contributed by atoms with van der Waals surface area (Å²) in [7, 11) is 0. The molecule has 2 heteroatoms. The van der Waals surface area contributed by atoms with Crippen LogP contribution >= 0.6 is 0 Å². The second-order valence-electron chi connectivity index (χ2n) is 5.71. The lowest BCUT2D eigenvalue weighted by molar-refractivity contribution is 0.215. The van der Waals surface area contributed by atoms with Gasteiger partial charge in [-0.05, 0) is 63.2 Å². The van der Waals surface area contributed by atoms with Gasteiger partial charge in [0.2, 0.25) is 0 Å². The van der Waals surface area contributed by atoms with Crippen molar-refractivity contribution in [1.29, 1.82) is 0 Å². The van der Waals surface area contributed by atoms with E-state index in [9.17, 15) is 8.78 Å². The van der Waals surface area contributed by atoms with Crippen molar-refractivity contribution in [1.82, 2.24) is 0 Å². The molecule has 0 heterocycles. The topological polar surface area (TPSA) is 0 Å². The first-order chi connectivity index (χ1) is 7.58. The van der Waals surface area contributed by atoms with E-state index < -0.39 is 12.3 Å². The van der Waals surface area contributed by atoms with Gasteiger partial charge in [-0.3, -0.25) is 0 Å². The SMILES string of the molecule is CC1CCC(F)CC1.CC1CCC(F)CC1. The predicted molar refractivity (Wildman–Crippen MR) is 65.1 cm³/mol. The third-order valence-corrected chi connectivity index (χ3v) is 3.89. The molecule has 0 unspecified atom stereocenters. The maximum atomic E-state index is 12.4. The first kappa shape index (κ1) is 13.9. The van der Waals surface area contributed by atoms with Crippen LogP contribution in [0.5, 0.6) is 0 Å². The quantitative estimate of drug-likeness (QED) is 0.547. The van der Waals surface area contributed by atoms with E-state index in [2.05, 4.69) is 13.8 Å². The molecule has 0 atom stereocenters.